The fourth-order valence-electron chi connectivity index (χ4n) is 2.52. The monoisotopic (exact) mass is 281 g/mol. The lowest BCUT2D eigenvalue weighted by Crippen LogP contribution is -2.45. The van der Waals surface area contributed by atoms with Crippen LogP contribution in [0.15, 0.2) is 0 Å². The molecule has 0 saturated carbocycles. The standard InChI is InChI=1S/C13H23N5O2/c1-10(2)12-11(13(19)20)14-15-18(12)9-8-17-6-4-16(3)5-7-17/h10H,4-9H2,1-3H3,(H,19,20). The van der Waals surface area contributed by atoms with Crippen LogP contribution in [-0.4, -0.2) is 75.6 Å². The highest BCUT2D eigenvalue weighted by Gasteiger charge is 2.22. The van der Waals surface area contributed by atoms with E-state index in [1.165, 1.54) is 0 Å². The molecule has 0 bridgehead atoms. The Morgan fingerprint density at radius 3 is 2.45 bits per heavy atom. The molecule has 1 N–H and O–H groups in total. The van der Waals surface area contributed by atoms with Crippen LogP contribution < -0.4 is 0 Å². The summed E-state index contributed by atoms with van der Waals surface area (Å²) in [6, 6.07) is 0. The molecule has 1 aromatic rings. The second kappa shape index (κ2) is 6.32. The molecule has 20 heavy (non-hydrogen) atoms. The zero-order valence-corrected chi connectivity index (χ0v) is 12.4. The number of carbonyl (C=O) groups is 1. The first-order chi connectivity index (χ1) is 9.49. The van der Waals surface area contributed by atoms with Gasteiger partial charge in [-0.15, -0.1) is 5.10 Å². The van der Waals surface area contributed by atoms with Crippen LogP contribution in [0.1, 0.15) is 35.9 Å². The van der Waals surface area contributed by atoms with Gasteiger partial charge in [-0.25, -0.2) is 9.48 Å². The first kappa shape index (κ1) is 14.9. The van der Waals surface area contributed by atoms with E-state index < -0.39 is 5.97 Å². The summed E-state index contributed by atoms with van der Waals surface area (Å²) in [6.07, 6.45) is 0. The number of carboxylic acids is 1. The van der Waals surface area contributed by atoms with Gasteiger partial charge in [0.15, 0.2) is 5.69 Å². The highest BCUT2D eigenvalue weighted by atomic mass is 16.4. The van der Waals surface area contributed by atoms with Crippen LogP contribution in [0.2, 0.25) is 0 Å². The third-order valence-corrected chi connectivity index (χ3v) is 3.75. The van der Waals surface area contributed by atoms with Gasteiger partial charge < -0.3 is 10.0 Å². The van der Waals surface area contributed by atoms with Gasteiger partial charge in [0, 0.05) is 32.7 Å². The number of carboxylic acid groups (broad SMARTS) is 1. The highest BCUT2D eigenvalue weighted by Crippen LogP contribution is 2.17. The van der Waals surface area contributed by atoms with E-state index in [1.54, 1.807) is 4.68 Å². The molecule has 0 unspecified atom stereocenters. The number of rotatable bonds is 5. The Morgan fingerprint density at radius 2 is 1.90 bits per heavy atom. The molecule has 7 nitrogen and oxygen atoms in total. The fourth-order valence-corrected chi connectivity index (χ4v) is 2.52. The number of hydrogen-bond donors (Lipinski definition) is 1. The van der Waals surface area contributed by atoms with Gasteiger partial charge in [0.1, 0.15) is 0 Å². The third-order valence-electron chi connectivity index (χ3n) is 3.75. The van der Waals surface area contributed by atoms with Crippen molar-refractivity contribution in [1.82, 2.24) is 24.8 Å². The molecule has 0 aliphatic carbocycles. The fraction of sp³-hybridized carbons (Fsp3) is 0.769. The quantitative estimate of drug-likeness (QED) is 0.839. The van der Waals surface area contributed by atoms with Gasteiger partial charge in [-0.05, 0) is 13.0 Å². The number of aromatic carboxylic acids is 1. The van der Waals surface area contributed by atoms with Crippen molar-refractivity contribution in [2.24, 2.45) is 0 Å². The molecule has 1 saturated heterocycles. The van der Waals surface area contributed by atoms with Crippen LogP contribution in [0.5, 0.6) is 0 Å². The Kier molecular flexibility index (Phi) is 4.72. The van der Waals surface area contributed by atoms with Gasteiger partial charge in [0.2, 0.25) is 0 Å². The van der Waals surface area contributed by atoms with Crippen molar-refractivity contribution in [3.8, 4) is 0 Å². The van der Waals surface area contributed by atoms with E-state index in [9.17, 15) is 4.79 Å². The van der Waals surface area contributed by atoms with E-state index in [1.807, 2.05) is 13.8 Å². The van der Waals surface area contributed by atoms with Crippen LogP contribution in [0.4, 0.5) is 0 Å². The molecule has 0 amide bonds. The summed E-state index contributed by atoms with van der Waals surface area (Å²) in [6.45, 7) is 9.77. The van der Waals surface area contributed by atoms with Crippen molar-refractivity contribution in [3.05, 3.63) is 11.4 Å². The smallest absolute Gasteiger partial charge is 0.358 e. The van der Waals surface area contributed by atoms with E-state index in [4.69, 9.17) is 5.11 Å². The average molecular weight is 281 g/mol. The van der Waals surface area contributed by atoms with Crippen molar-refractivity contribution in [2.75, 3.05) is 39.8 Å². The summed E-state index contributed by atoms with van der Waals surface area (Å²) in [4.78, 5) is 15.8. The lowest BCUT2D eigenvalue weighted by Gasteiger charge is -2.32. The van der Waals surface area contributed by atoms with Crippen molar-refractivity contribution in [1.29, 1.82) is 0 Å². The largest absolute Gasteiger partial charge is 0.476 e. The zero-order valence-electron chi connectivity index (χ0n) is 12.4. The molecule has 7 heteroatoms. The Hall–Kier alpha value is -1.47. The maximum absolute atomic E-state index is 11.1. The van der Waals surface area contributed by atoms with Crippen molar-refractivity contribution >= 4 is 5.97 Å². The first-order valence-corrected chi connectivity index (χ1v) is 7.06. The third kappa shape index (κ3) is 3.34. The minimum absolute atomic E-state index is 0.0818. The van der Waals surface area contributed by atoms with Crippen LogP contribution in [-0.2, 0) is 6.54 Å². The van der Waals surface area contributed by atoms with Crippen LogP contribution >= 0.6 is 0 Å². The average Bonchev–Trinajstić information content (AvgIpc) is 2.82. The number of hydrogen-bond acceptors (Lipinski definition) is 5. The van der Waals surface area contributed by atoms with Crippen molar-refractivity contribution in [2.45, 2.75) is 26.3 Å². The molecule has 112 valence electrons. The molecule has 1 fully saturated rings. The van der Waals surface area contributed by atoms with Gasteiger partial charge in [-0.1, -0.05) is 19.1 Å². The molecule has 1 aliphatic rings. The van der Waals surface area contributed by atoms with Gasteiger partial charge in [-0.2, -0.15) is 0 Å². The van der Waals surface area contributed by atoms with E-state index >= 15 is 0 Å². The van der Waals surface area contributed by atoms with Gasteiger partial charge in [0.25, 0.3) is 0 Å². The van der Waals surface area contributed by atoms with E-state index in [-0.39, 0.29) is 11.6 Å². The Bertz CT molecular complexity index is 463. The number of aromatic nitrogens is 3. The molecule has 1 aromatic heterocycles. The molecule has 0 spiro atoms. The molecule has 0 radical (unpaired) electrons. The number of likely N-dealkylation sites (N-methyl/N-ethyl adjacent to an activating group) is 1. The van der Waals surface area contributed by atoms with E-state index in [0.717, 1.165) is 32.7 Å². The van der Waals surface area contributed by atoms with Crippen LogP contribution in [0, 0.1) is 0 Å². The molecular formula is C13H23N5O2. The van der Waals surface area contributed by atoms with Crippen molar-refractivity contribution in [3.63, 3.8) is 0 Å². The molecule has 2 rings (SSSR count). The van der Waals surface area contributed by atoms with Crippen LogP contribution in [0.25, 0.3) is 0 Å². The normalized spacial score (nSPS) is 17.8. The molecule has 0 atom stereocenters. The number of piperazine rings is 1. The minimum atomic E-state index is -1.00. The molecular weight excluding hydrogens is 258 g/mol. The first-order valence-electron chi connectivity index (χ1n) is 7.06. The van der Waals surface area contributed by atoms with Crippen molar-refractivity contribution < 1.29 is 9.90 Å². The Labute approximate surface area is 119 Å². The topological polar surface area (TPSA) is 74.5 Å². The molecule has 1 aliphatic heterocycles. The Balaban J connectivity index is 2.01. The maximum Gasteiger partial charge on any atom is 0.358 e. The lowest BCUT2D eigenvalue weighted by atomic mass is 10.1. The second-order valence-corrected chi connectivity index (χ2v) is 5.65. The van der Waals surface area contributed by atoms with Gasteiger partial charge in [0.05, 0.1) is 12.2 Å². The Morgan fingerprint density at radius 1 is 1.25 bits per heavy atom. The van der Waals surface area contributed by atoms with Gasteiger partial charge in [-0.3, -0.25) is 4.90 Å². The minimum Gasteiger partial charge on any atom is -0.476 e. The summed E-state index contributed by atoms with van der Waals surface area (Å²) in [5.74, 6) is -0.900. The predicted molar refractivity (Wildman–Crippen MR) is 75.0 cm³/mol. The summed E-state index contributed by atoms with van der Waals surface area (Å²) in [5.41, 5.74) is 0.796. The van der Waals surface area contributed by atoms with Crippen LogP contribution in [0.3, 0.4) is 0 Å². The van der Waals surface area contributed by atoms with Gasteiger partial charge >= 0.3 is 5.97 Å². The lowest BCUT2D eigenvalue weighted by molar-refractivity contribution is 0.0688. The SMILES string of the molecule is CC(C)c1c(C(=O)O)nnn1CCN1CCN(C)CC1. The summed E-state index contributed by atoms with van der Waals surface area (Å²) in [7, 11) is 2.13. The second-order valence-electron chi connectivity index (χ2n) is 5.65. The predicted octanol–water partition coefficient (Wildman–Crippen LogP) is 0.347. The summed E-state index contributed by atoms with van der Waals surface area (Å²) in [5, 5.41) is 16.9. The molecule has 0 aromatic carbocycles. The highest BCUT2D eigenvalue weighted by molar-refractivity contribution is 5.86. The maximum atomic E-state index is 11.1. The number of nitrogens with zero attached hydrogens (tertiary/aromatic N) is 5. The van der Waals surface area contributed by atoms with E-state index in [2.05, 4.69) is 27.2 Å². The zero-order chi connectivity index (χ0) is 14.7. The van der Waals surface area contributed by atoms with E-state index in [0.29, 0.717) is 12.2 Å². The summed E-state index contributed by atoms with van der Waals surface area (Å²) >= 11 is 0. The summed E-state index contributed by atoms with van der Waals surface area (Å²) < 4.78 is 1.74. The molecule has 2 heterocycles.